The molecule has 136 valence electrons. The molecule has 6 nitrogen and oxygen atoms in total. The van der Waals surface area contributed by atoms with Crippen LogP contribution in [0.5, 0.6) is 0 Å². The lowest BCUT2D eigenvalue weighted by molar-refractivity contribution is -0.126. The molecule has 0 aromatic heterocycles. The Morgan fingerprint density at radius 2 is 1.84 bits per heavy atom. The number of nitrogens with one attached hydrogen (secondary N) is 1. The lowest BCUT2D eigenvalue weighted by atomic mass is 10.0. The highest BCUT2D eigenvalue weighted by Gasteiger charge is 2.32. The van der Waals surface area contributed by atoms with Crippen molar-refractivity contribution in [1.82, 2.24) is 15.1 Å². The molecular formula is C19H27N3O3. The second-order valence-electron chi connectivity index (χ2n) is 6.85. The first-order valence-electron chi connectivity index (χ1n) is 9.08. The fraction of sp³-hybridized carbons (Fsp3) is 0.579. The zero-order valence-corrected chi connectivity index (χ0v) is 14.8. The summed E-state index contributed by atoms with van der Waals surface area (Å²) in [7, 11) is 1.40. The van der Waals surface area contributed by atoms with Crippen molar-refractivity contribution in [2.24, 2.45) is 0 Å². The van der Waals surface area contributed by atoms with E-state index in [-0.39, 0.29) is 24.1 Å². The highest BCUT2D eigenvalue weighted by atomic mass is 16.5. The first-order chi connectivity index (χ1) is 12.2. The van der Waals surface area contributed by atoms with Crippen molar-refractivity contribution in [2.75, 3.05) is 26.7 Å². The van der Waals surface area contributed by atoms with E-state index in [0.717, 1.165) is 38.8 Å². The van der Waals surface area contributed by atoms with E-state index in [1.807, 2.05) is 18.2 Å². The molecule has 6 heteroatoms. The van der Waals surface area contributed by atoms with Gasteiger partial charge in [-0.05, 0) is 37.8 Å². The van der Waals surface area contributed by atoms with E-state index in [1.165, 1.54) is 12.7 Å². The first-order valence-corrected chi connectivity index (χ1v) is 9.08. The molecule has 1 unspecified atom stereocenters. The van der Waals surface area contributed by atoms with Crippen molar-refractivity contribution in [2.45, 2.75) is 44.3 Å². The van der Waals surface area contributed by atoms with Gasteiger partial charge < -0.3 is 15.0 Å². The van der Waals surface area contributed by atoms with Crippen LogP contribution in [0.1, 0.15) is 31.2 Å². The molecule has 0 aliphatic carbocycles. The van der Waals surface area contributed by atoms with Crippen LogP contribution in [0.3, 0.4) is 0 Å². The molecule has 25 heavy (non-hydrogen) atoms. The normalized spacial score (nSPS) is 22.0. The minimum Gasteiger partial charge on any atom is -0.453 e. The Hall–Kier alpha value is -2.08. The first kappa shape index (κ1) is 17.7. The molecule has 0 bridgehead atoms. The van der Waals surface area contributed by atoms with Crippen molar-refractivity contribution < 1.29 is 14.3 Å². The average Bonchev–Trinajstić information content (AvgIpc) is 3.11. The number of ether oxygens (including phenoxy) is 1. The summed E-state index contributed by atoms with van der Waals surface area (Å²) in [6.07, 6.45) is 3.26. The van der Waals surface area contributed by atoms with Crippen LogP contribution in [-0.4, -0.2) is 60.6 Å². The maximum atomic E-state index is 12.7. The Bertz CT molecular complexity index is 585. The molecule has 2 amide bonds. The number of likely N-dealkylation sites (tertiary alicyclic amines) is 2. The molecule has 2 aliphatic rings. The van der Waals surface area contributed by atoms with Gasteiger partial charge in [-0.3, -0.25) is 9.69 Å². The van der Waals surface area contributed by atoms with Gasteiger partial charge in [-0.1, -0.05) is 30.3 Å². The van der Waals surface area contributed by atoms with Gasteiger partial charge in [0.05, 0.1) is 13.2 Å². The van der Waals surface area contributed by atoms with Crippen molar-refractivity contribution in [1.29, 1.82) is 0 Å². The molecule has 2 fully saturated rings. The second-order valence-corrected chi connectivity index (χ2v) is 6.85. The minimum absolute atomic E-state index is 0.0427. The van der Waals surface area contributed by atoms with E-state index >= 15 is 0 Å². The fourth-order valence-corrected chi connectivity index (χ4v) is 3.76. The van der Waals surface area contributed by atoms with Gasteiger partial charge in [-0.25, -0.2) is 4.79 Å². The third-order valence-electron chi connectivity index (χ3n) is 5.17. The number of benzene rings is 1. The summed E-state index contributed by atoms with van der Waals surface area (Å²) in [6, 6.07) is 10.4. The molecule has 0 spiro atoms. The molecule has 1 aromatic carbocycles. The van der Waals surface area contributed by atoms with Crippen LogP contribution in [0.25, 0.3) is 0 Å². The predicted molar refractivity (Wildman–Crippen MR) is 95.0 cm³/mol. The van der Waals surface area contributed by atoms with Crippen LogP contribution in [0, 0.1) is 0 Å². The molecule has 2 aliphatic heterocycles. The van der Waals surface area contributed by atoms with Crippen LogP contribution in [0.2, 0.25) is 0 Å². The summed E-state index contributed by atoms with van der Waals surface area (Å²) in [5, 5.41) is 3.19. The van der Waals surface area contributed by atoms with Crippen molar-refractivity contribution in [3.63, 3.8) is 0 Å². The minimum atomic E-state index is -0.283. The molecule has 2 saturated heterocycles. The quantitative estimate of drug-likeness (QED) is 0.907. The van der Waals surface area contributed by atoms with Crippen LogP contribution in [-0.2, 0) is 16.1 Å². The largest absolute Gasteiger partial charge is 0.453 e. The smallest absolute Gasteiger partial charge is 0.409 e. The number of piperidine rings is 1. The van der Waals surface area contributed by atoms with Gasteiger partial charge in [0.2, 0.25) is 5.91 Å². The summed E-state index contributed by atoms with van der Waals surface area (Å²) >= 11 is 0. The third-order valence-corrected chi connectivity index (χ3v) is 5.17. The van der Waals surface area contributed by atoms with Crippen molar-refractivity contribution in [3.05, 3.63) is 35.9 Å². The fourth-order valence-electron chi connectivity index (χ4n) is 3.76. The predicted octanol–water partition coefficient (Wildman–Crippen LogP) is 2.00. The van der Waals surface area contributed by atoms with Crippen LogP contribution < -0.4 is 5.32 Å². The average molecular weight is 345 g/mol. The molecule has 1 aromatic rings. The van der Waals surface area contributed by atoms with E-state index in [1.54, 1.807) is 4.90 Å². The van der Waals surface area contributed by atoms with Crippen molar-refractivity contribution >= 4 is 12.0 Å². The zero-order valence-electron chi connectivity index (χ0n) is 14.8. The van der Waals surface area contributed by atoms with Gasteiger partial charge in [0.25, 0.3) is 0 Å². The monoisotopic (exact) mass is 345 g/mol. The van der Waals surface area contributed by atoms with Gasteiger partial charge >= 0.3 is 6.09 Å². The maximum Gasteiger partial charge on any atom is 0.409 e. The summed E-state index contributed by atoms with van der Waals surface area (Å²) in [4.78, 5) is 28.2. The molecule has 0 saturated carbocycles. The van der Waals surface area contributed by atoms with Crippen LogP contribution in [0.4, 0.5) is 4.79 Å². The number of methoxy groups -OCH3 is 1. The molecule has 2 heterocycles. The van der Waals surface area contributed by atoms with Gasteiger partial charge in [-0.2, -0.15) is 0 Å². The van der Waals surface area contributed by atoms with E-state index in [0.29, 0.717) is 13.1 Å². The molecular weight excluding hydrogens is 318 g/mol. The summed E-state index contributed by atoms with van der Waals surface area (Å²) in [5.74, 6) is 0.130. The standard InChI is InChI=1S/C19H27N3O3/c1-25-19(24)21-12-9-16(10-13-21)20-18(23)17-8-5-11-22(17)14-15-6-3-2-4-7-15/h2-4,6-7,16-17H,5,8-14H2,1H3,(H,20,23). The van der Waals surface area contributed by atoms with E-state index in [9.17, 15) is 9.59 Å². The van der Waals surface area contributed by atoms with Gasteiger partial charge in [0.1, 0.15) is 0 Å². The molecule has 1 N–H and O–H groups in total. The van der Waals surface area contributed by atoms with Crippen LogP contribution >= 0.6 is 0 Å². The van der Waals surface area contributed by atoms with E-state index < -0.39 is 0 Å². The number of carbonyl (C=O) groups is 2. The number of nitrogens with zero attached hydrogens (tertiary/aromatic N) is 2. The van der Waals surface area contributed by atoms with E-state index in [4.69, 9.17) is 4.74 Å². The number of amides is 2. The molecule has 1 atom stereocenters. The lowest BCUT2D eigenvalue weighted by Gasteiger charge is -2.32. The Morgan fingerprint density at radius 1 is 1.12 bits per heavy atom. The second kappa shape index (κ2) is 8.34. The highest BCUT2D eigenvalue weighted by Crippen LogP contribution is 2.21. The number of carbonyl (C=O) groups excluding carboxylic acids is 2. The Morgan fingerprint density at radius 3 is 2.52 bits per heavy atom. The summed E-state index contributed by atoms with van der Waals surface area (Å²) in [6.45, 7) is 3.06. The van der Waals surface area contributed by atoms with Crippen LogP contribution in [0.15, 0.2) is 30.3 Å². The molecule has 3 rings (SSSR count). The number of hydrogen-bond acceptors (Lipinski definition) is 4. The summed E-state index contributed by atoms with van der Waals surface area (Å²) in [5.41, 5.74) is 1.24. The van der Waals surface area contributed by atoms with Gasteiger partial charge in [0.15, 0.2) is 0 Å². The zero-order chi connectivity index (χ0) is 17.6. The van der Waals surface area contributed by atoms with Gasteiger partial charge in [0, 0.05) is 25.7 Å². The Balaban J connectivity index is 1.50. The Labute approximate surface area is 149 Å². The maximum absolute atomic E-state index is 12.7. The highest BCUT2D eigenvalue weighted by molar-refractivity contribution is 5.82. The lowest BCUT2D eigenvalue weighted by Crippen LogP contribution is -2.51. The number of hydrogen-bond donors (Lipinski definition) is 1. The SMILES string of the molecule is COC(=O)N1CCC(NC(=O)C2CCCN2Cc2ccccc2)CC1. The number of rotatable bonds is 4. The third kappa shape index (κ3) is 4.51. The van der Waals surface area contributed by atoms with Gasteiger partial charge in [-0.15, -0.1) is 0 Å². The molecule has 0 radical (unpaired) electrons. The summed E-state index contributed by atoms with van der Waals surface area (Å²) < 4.78 is 4.75. The van der Waals surface area contributed by atoms with E-state index in [2.05, 4.69) is 22.3 Å². The van der Waals surface area contributed by atoms with Crippen molar-refractivity contribution in [3.8, 4) is 0 Å². The Kier molecular flexibility index (Phi) is 5.91. The topological polar surface area (TPSA) is 61.9 Å².